The number of nitrogens with zero attached hydrogens (tertiary/aromatic N) is 1. The van der Waals surface area contributed by atoms with E-state index in [4.69, 9.17) is 5.11 Å². The van der Waals surface area contributed by atoms with E-state index in [1.165, 1.54) is 25.8 Å². The predicted molar refractivity (Wildman–Crippen MR) is 67.0 cm³/mol. The topological polar surface area (TPSA) is 52.6 Å². The smallest absolute Gasteiger partial charge is 0.320 e. The first kappa shape index (κ1) is 12.8. The second-order valence-corrected chi connectivity index (χ2v) is 5.47. The average molecular weight is 240 g/mol. The van der Waals surface area contributed by atoms with Crippen LogP contribution in [0.2, 0.25) is 0 Å². The van der Waals surface area contributed by atoms with E-state index in [1.54, 1.807) is 0 Å². The molecule has 0 bridgehead atoms. The van der Waals surface area contributed by atoms with E-state index in [2.05, 4.69) is 10.2 Å². The highest BCUT2D eigenvalue weighted by Gasteiger charge is 2.34. The van der Waals surface area contributed by atoms with Crippen molar-refractivity contribution < 1.29 is 9.90 Å². The van der Waals surface area contributed by atoms with Crippen LogP contribution in [0.5, 0.6) is 0 Å². The van der Waals surface area contributed by atoms with E-state index < -0.39 is 5.97 Å². The maximum Gasteiger partial charge on any atom is 0.320 e. The first-order valence-corrected chi connectivity index (χ1v) is 6.91. The minimum atomic E-state index is -0.705. The Balaban J connectivity index is 1.68. The third-order valence-corrected chi connectivity index (χ3v) is 3.91. The summed E-state index contributed by atoms with van der Waals surface area (Å²) in [7, 11) is 0. The van der Waals surface area contributed by atoms with Crippen molar-refractivity contribution in [1.29, 1.82) is 0 Å². The zero-order valence-corrected chi connectivity index (χ0v) is 10.7. The summed E-state index contributed by atoms with van der Waals surface area (Å²) in [5, 5.41) is 12.3. The molecule has 4 heteroatoms. The van der Waals surface area contributed by atoms with E-state index in [1.807, 2.05) is 6.92 Å². The lowest BCUT2D eigenvalue weighted by atomic mass is 10.1. The SMILES string of the molecule is CCCC(NCC1CCN(C2CC2)C1)C(=O)O. The summed E-state index contributed by atoms with van der Waals surface area (Å²) >= 11 is 0. The third kappa shape index (κ3) is 3.68. The Labute approximate surface area is 103 Å². The number of carboxylic acid groups (broad SMARTS) is 1. The first-order valence-electron chi connectivity index (χ1n) is 6.91. The Morgan fingerprint density at radius 1 is 1.47 bits per heavy atom. The fraction of sp³-hybridized carbons (Fsp3) is 0.923. The van der Waals surface area contributed by atoms with Gasteiger partial charge in [0.1, 0.15) is 6.04 Å². The zero-order chi connectivity index (χ0) is 12.3. The molecule has 0 spiro atoms. The summed E-state index contributed by atoms with van der Waals surface area (Å²) < 4.78 is 0. The Kier molecular flexibility index (Phi) is 4.40. The fourth-order valence-electron chi connectivity index (χ4n) is 2.71. The number of carbonyl (C=O) groups is 1. The first-order chi connectivity index (χ1) is 8.20. The van der Waals surface area contributed by atoms with Crippen LogP contribution < -0.4 is 5.32 Å². The second kappa shape index (κ2) is 5.83. The van der Waals surface area contributed by atoms with Crippen molar-refractivity contribution in [2.24, 2.45) is 5.92 Å². The Bertz CT molecular complexity index is 266. The Morgan fingerprint density at radius 3 is 2.82 bits per heavy atom. The highest BCUT2D eigenvalue weighted by Crippen LogP contribution is 2.31. The van der Waals surface area contributed by atoms with Gasteiger partial charge in [-0.3, -0.25) is 4.79 Å². The van der Waals surface area contributed by atoms with Gasteiger partial charge in [-0.1, -0.05) is 13.3 Å². The standard InChI is InChI=1S/C13H24N2O2/c1-2-3-12(13(16)17)14-8-10-6-7-15(9-10)11-4-5-11/h10-12,14H,2-9H2,1H3,(H,16,17). The lowest BCUT2D eigenvalue weighted by Crippen LogP contribution is -2.40. The number of aliphatic carboxylic acids is 1. The van der Waals surface area contributed by atoms with Crippen LogP contribution >= 0.6 is 0 Å². The van der Waals surface area contributed by atoms with Gasteiger partial charge < -0.3 is 15.3 Å². The molecule has 2 atom stereocenters. The van der Waals surface area contributed by atoms with E-state index in [0.717, 1.165) is 32.0 Å². The number of hydrogen-bond donors (Lipinski definition) is 2. The number of nitrogens with one attached hydrogen (secondary N) is 1. The minimum Gasteiger partial charge on any atom is -0.480 e. The van der Waals surface area contributed by atoms with Gasteiger partial charge in [-0.2, -0.15) is 0 Å². The predicted octanol–water partition coefficient (Wildman–Crippen LogP) is 1.31. The highest BCUT2D eigenvalue weighted by molar-refractivity contribution is 5.73. The molecule has 1 saturated heterocycles. The van der Waals surface area contributed by atoms with Crippen LogP contribution in [0.4, 0.5) is 0 Å². The molecule has 1 aliphatic heterocycles. The quantitative estimate of drug-likeness (QED) is 0.704. The van der Waals surface area contributed by atoms with E-state index >= 15 is 0 Å². The maximum atomic E-state index is 11.0. The molecule has 0 aromatic rings. The summed E-state index contributed by atoms with van der Waals surface area (Å²) in [6.07, 6.45) is 5.61. The summed E-state index contributed by atoms with van der Waals surface area (Å²) in [5.41, 5.74) is 0. The van der Waals surface area contributed by atoms with Crippen molar-refractivity contribution in [3.8, 4) is 0 Å². The van der Waals surface area contributed by atoms with Gasteiger partial charge in [-0.15, -0.1) is 0 Å². The van der Waals surface area contributed by atoms with Gasteiger partial charge >= 0.3 is 5.97 Å². The number of hydrogen-bond acceptors (Lipinski definition) is 3. The van der Waals surface area contributed by atoms with E-state index in [-0.39, 0.29) is 6.04 Å². The van der Waals surface area contributed by atoms with Crippen LogP contribution in [0.15, 0.2) is 0 Å². The van der Waals surface area contributed by atoms with Crippen LogP contribution in [0.25, 0.3) is 0 Å². The number of rotatable bonds is 7. The molecule has 17 heavy (non-hydrogen) atoms. The monoisotopic (exact) mass is 240 g/mol. The molecule has 98 valence electrons. The molecule has 1 aliphatic carbocycles. The molecule has 4 nitrogen and oxygen atoms in total. The van der Waals surface area contributed by atoms with Crippen LogP contribution in [0.3, 0.4) is 0 Å². The van der Waals surface area contributed by atoms with Crippen molar-refractivity contribution in [3.63, 3.8) is 0 Å². The average Bonchev–Trinajstić information content (AvgIpc) is 3.04. The molecular weight excluding hydrogens is 216 g/mol. The van der Waals surface area contributed by atoms with Gasteiger partial charge in [-0.05, 0) is 38.1 Å². The van der Waals surface area contributed by atoms with Crippen LogP contribution in [0, 0.1) is 5.92 Å². The van der Waals surface area contributed by atoms with Gasteiger partial charge in [0.25, 0.3) is 0 Å². The molecule has 0 radical (unpaired) electrons. The van der Waals surface area contributed by atoms with Crippen molar-refractivity contribution in [2.75, 3.05) is 19.6 Å². The van der Waals surface area contributed by atoms with E-state index in [0.29, 0.717) is 5.92 Å². The summed E-state index contributed by atoms with van der Waals surface area (Å²) in [6.45, 7) is 5.26. The van der Waals surface area contributed by atoms with Crippen molar-refractivity contribution >= 4 is 5.97 Å². The Hall–Kier alpha value is -0.610. The minimum absolute atomic E-state index is 0.352. The summed E-state index contributed by atoms with van der Waals surface area (Å²) in [5.74, 6) is -0.0572. The highest BCUT2D eigenvalue weighted by atomic mass is 16.4. The van der Waals surface area contributed by atoms with Gasteiger partial charge in [0, 0.05) is 19.1 Å². The molecule has 1 heterocycles. The maximum absolute atomic E-state index is 11.0. The van der Waals surface area contributed by atoms with Crippen LogP contribution in [-0.2, 0) is 4.79 Å². The number of likely N-dealkylation sites (tertiary alicyclic amines) is 1. The molecule has 1 saturated carbocycles. The van der Waals surface area contributed by atoms with Gasteiger partial charge in [0.05, 0.1) is 0 Å². The van der Waals surface area contributed by atoms with Crippen molar-refractivity contribution in [1.82, 2.24) is 10.2 Å². The molecule has 2 unspecified atom stereocenters. The largest absolute Gasteiger partial charge is 0.480 e. The molecule has 2 rings (SSSR count). The lowest BCUT2D eigenvalue weighted by Gasteiger charge is -2.18. The van der Waals surface area contributed by atoms with Crippen LogP contribution in [-0.4, -0.2) is 47.7 Å². The second-order valence-electron chi connectivity index (χ2n) is 5.47. The van der Waals surface area contributed by atoms with Gasteiger partial charge in [0.15, 0.2) is 0 Å². The third-order valence-electron chi connectivity index (χ3n) is 3.91. The molecular formula is C13H24N2O2. The van der Waals surface area contributed by atoms with Gasteiger partial charge in [0.2, 0.25) is 0 Å². The van der Waals surface area contributed by atoms with Crippen molar-refractivity contribution in [2.45, 2.75) is 51.1 Å². The summed E-state index contributed by atoms with van der Waals surface area (Å²) in [4.78, 5) is 13.6. The number of carboxylic acids is 1. The molecule has 2 fully saturated rings. The van der Waals surface area contributed by atoms with Crippen LogP contribution in [0.1, 0.15) is 39.0 Å². The van der Waals surface area contributed by atoms with Gasteiger partial charge in [-0.25, -0.2) is 0 Å². The molecule has 2 aliphatic rings. The molecule has 0 aromatic heterocycles. The van der Waals surface area contributed by atoms with E-state index in [9.17, 15) is 4.79 Å². The fourth-order valence-corrected chi connectivity index (χ4v) is 2.71. The molecule has 2 N–H and O–H groups in total. The molecule has 0 aromatic carbocycles. The summed E-state index contributed by atoms with van der Waals surface area (Å²) in [6, 6.07) is 0.501. The van der Waals surface area contributed by atoms with Crippen molar-refractivity contribution in [3.05, 3.63) is 0 Å². The lowest BCUT2D eigenvalue weighted by molar-refractivity contribution is -0.139. The zero-order valence-electron chi connectivity index (χ0n) is 10.7. The molecule has 0 amide bonds. The normalized spacial score (nSPS) is 27.2. The Morgan fingerprint density at radius 2 is 2.24 bits per heavy atom.